The summed E-state index contributed by atoms with van der Waals surface area (Å²) in [5, 5.41) is 3.72. The topological polar surface area (TPSA) is 111 Å². The number of hydrogen-bond donors (Lipinski definition) is 2. The zero-order valence-electron chi connectivity index (χ0n) is 14.4. The van der Waals surface area contributed by atoms with Crippen molar-refractivity contribution in [3.8, 4) is 0 Å². The number of hydrogen-bond acceptors (Lipinski definition) is 7. The lowest BCUT2D eigenvalue weighted by molar-refractivity contribution is -0.153. The van der Waals surface area contributed by atoms with E-state index in [9.17, 15) is 23.6 Å². The Hall–Kier alpha value is -2.62. The number of halogens is 1. The molecule has 0 aliphatic rings. The molecule has 0 radical (unpaired) electrons. The van der Waals surface area contributed by atoms with Crippen molar-refractivity contribution in [1.29, 1.82) is 0 Å². The largest absolute Gasteiger partial charge is 0.453 e. The van der Waals surface area contributed by atoms with Gasteiger partial charge in [0.25, 0.3) is 5.91 Å². The molecule has 26 heavy (non-hydrogen) atoms. The van der Waals surface area contributed by atoms with Gasteiger partial charge in [-0.1, -0.05) is 0 Å². The van der Waals surface area contributed by atoms with E-state index in [0.29, 0.717) is 5.69 Å². The summed E-state index contributed by atoms with van der Waals surface area (Å²) >= 11 is 1.00. The predicted molar refractivity (Wildman–Crippen MR) is 93.1 cm³/mol. The fraction of sp³-hybridized carbons (Fsp3) is 0.375. The first-order valence-corrected chi connectivity index (χ1v) is 8.54. The molecular formula is C16H19FN2O6S. The maximum Gasteiger partial charge on any atom is 0.413 e. The van der Waals surface area contributed by atoms with E-state index in [0.717, 1.165) is 18.9 Å². The van der Waals surface area contributed by atoms with E-state index in [2.05, 4.69) is 10.1 Å². The number of nitrogens with one attached hydrogen (secondary N) is 2. The fourth-order valence-corrected chi connectivity index (χ4v) is 2.24. The Bertz CT molecular complexity index is 667. The molecule has 0 unspecified atom stereocenters. The van der Waals surface area contributed by atoms with Crippen LogP contribution in [0.1, 0.15) is 13.8 Å². The average molecular weight is 386 g/mol. The Labute approximate surface area is 153 Å². The zero-order chi connectivity index (χ0) is 19.7. The predicted octanol–water partition coefficient (Wildman–Crippen LogP) is 1.70. The van der Waals surface area contributed by atoms with Crippen LogP contribution in [0.25, 0.3) is 0 Å². The van der Waals surface area contributed by atoms with Crippen LogP contribution in [-0.2, 0) is 23.9 Å². The molecule has 2 N–H and O–H groups in total. The van der Waals surface area contributed by atoms with Crippen molar-refractivity contribution in [2.24, 2.45) is 0 Å². The van der Waals surface area contributed by atoms with Gasteiger partial charge < -0.3 is 14.8 Å². The van der Waals surface area contributed by atoms with Gasteiger partial charge in [-0.3, -0.25) is 19.7 Å². The average Bonchev–Trinajstić information content (AvgIpc) is 2.61. The third-order valence-electron chi connectivity index (χ3n) is 3.00. The zero-order valence-corrected chi connectivity index (χ0v) is 15.2. The van der Waals surface area contributed by atoms with Crippen LogP contribution in [0.4, 0.5) is 14.9 Å². The van der Waals surface area contributed by atoms with Crippen LogP contribution < -0.4 is 10.6 Å². The van der Waals surface area contributed by atoms with Crippen LogP contribution >= 0.6 is 11.8 Å². The maximum absolute atomic E-state index is 12.8. The molecular weight excluding hydrogens is 367 g/mol. The van der Waals surface area contributed by atoms with Crippen LogP contribution in [0.2, 0.25) is 0 Å². The molecule has 10 heteroatoms. The molecule has 0 fully saturated rings. The SMILES string of the molecule is COC(=O)NC(=O)[C@H](C)OC(=O)[C@H](C)SCC(=O)Nc1ccc(F)cc1. The van der Waals surface area contributed by atoms with Crippen LogP contribution in [-0.4, -0.2) is 48.1 Å². The second-order valence-electron chi connectivity index (χ2n) is 5.07. The summed E-state index contributed by atoms with van der Waals surface area (Å²) < 4.78 is 22.0. The first kappa shape index (κ1) is 21.4. The molecule has 3 amide bonds. The summed E-state index contributed by atoms with van der Waals surface area (Å²) in [7, 11) is 1.09. The second-order valence-corrected chi connectivity index (χ2v) is 6.40. The number of carbonyl (C=O) groups excluding carboxylic acids is 4. The molecule has 0 aliphatic heterocycles. The third-order valence-corrected chi connectivity index (χ3v) is 4.12. The molecule has 0 aromatic heterocycles. The van der Waals surface area contributed by atoms with Gasteiger partial charge in [0.15, 0.2) is 6.10 Å². The van der Waals surface area contributed by atoms with Crippen molar-refractivity contribution >= 4 is 41.3 Å². The number of anilines is 1. The first-order valence-electron chi connectivity index (χ1n) is 7.49. The number of ether oxygens (including phenoxy) is 2. The normalized spacial score (nSPS) is 12.5. The van der Waals surface area contributed by atoms with Gasteiger partial charge in [-0.25, -0.2) is 9.18 Å². The molecule has 1 rings (SSSR count). The van der Waals surface area contributed by atoms with Crippen molar-refractivity contribution < 1.29 is 33.0 Å². The molecule has 8 nitrogen and oxygen atoms in total. The van der Waals surface area contributed by atoms with E-state index in [4.69, 9.17) is 4.74 Å². The minimum atomic E-state index is -1.20. The number of imide groups is 1. The maximum atomic E-state index is 12.8. The Morgan fingerprint density at radius 2 is 1.77 bits per heavy atom. The standard InChI is InChI=1S/C16H19FN2O6S/c1-9(14(21)19-16(23)24-3)25-15(22)10(2)26-8-13(20)18-12-6-4-11(17)5-7-12/h4-7,9-10H,8H2,1-3H3,(H,18,20)(H,19,21,23)/t9-,10-/m0/s1. The lowest BCUT2D eigenvalue weighted by atomic mass is 10.3. The smallest absolute Gasteiger partial charge is 0.413 e. The van der Waals surface area contributed by atoms with Crippen LogP contribution in [0.5, 0.6) is 0 Å². The molecule has 0 bridgehead atoms. The number of methoxy groups -OCH3 is 1. The quantitative estimate of drug-likeness (QED) is 0.686. The van der Waals surface area contributed by atoms with Crippen molar-refractivity contribution in [2.75, 3.05) is 18.2 Å². The highest BCUT2D eigenvalue weighted by Crippen LogP contribution is 2.15. The van der Waals surface area contributed by atoms with E-state index in [-0.39, 0.29) is 11.7 Å². The molecule has 1 aromatic carbocycles. The number of rotatable bonds is 7. The Kier molecular flexibility index (Phi) is 8.56. The summed E-state index contributed by atoms with van der Waals surface area (Å²) in [5.41, 5.74) is 0.431. The Morgan fingerprint density at radius 1 is 1.15 bits per heavy atom. The lowest BCUT2D eigenvalue weighted by Crippen LogP contribution is -2.40. The van der Waals surface area contributed by atoms with Gasteiger partial charge in [0.05, 0.1) is 12.9 Å². The van der Waals surface area contributed by atoms with Crippen molar-refractivity contribution in [1.82, 2.24) is 5.32 Å². The van der Waals surface area contributed by atoms with Crippen LogP contribution in [0.15, 0.2) is 24.3 Å². The molecule has 0 saturated carbocycles. The Balaban J connectivity index is 2.39. The number of carbonyl (C=O) groups is 4. The van der Waals surface area contributed by atoms with E-state index in [1.54, 1.807) is 0 Å². The van der Waals surface area contributed by atoms with Crippen LogP contribution in [0.3, 0.4) is 0 Å². The number of thioether (sulfide) groups is 1. The van der Waals surface area contributed by atoms with Gasteiger partial charge in [0.1, 0.15) is 11.1 Å². The molecule has 0 spiro atoms. The highest BCUT2D eigenvalue weighted by Gasteiger charge is 2.24. The minimum Gasteiger partial charge on any atom is -0.453 e. The van der Waals surface area contributed by atoms with E-state index in [1.165, 1.54) is 38.1 Å². The summed E-state index contributed by atoms with van der Waals surface area (Å²) in [6.45, 7) is 2.82. The molecule has 0 heterocycles. The van der Waals surface area contributed by atoms with Gasteiger partial charge in [-0.2, -0.15) is 0 Å². The van der Waals surface area contributed by atoms with Crippen LogP contribution in [0, 0.1) is 5.82 Å². The van der Waals surface area contributed by atoms with E-state index >= 15 is 0 Å². The summed E-state index contributed by atoms with van der Waals surface area (Å²) in [4.78, 5) is 46.2. The number of alkyl carbamates (subject to hydrolysis) is 1. The number of esters is 1. The molecule has 142 valence electrons. The van der Waals surface area contributed by atoms with E-state index < -0.39 is 35.1 Å². The molecule has 0 saturated heterocycles. The molecule has 0 aliphatic carbocycles. The highest BCUT2D eigenvalue weighted by molar-refractivity contribution is 8.01. The highest BCUT2D eigenvalue weighted by atomic mass is 32.2. The van der Waals surface area contributed by atoms with Gasteiger partial charge >= 0.3 is 12.1 Å². The summed E-state index contributed by atoms with van der Waals surface area (Å²) in [6, 6.07) is 5.25. The van der Waals surface area contributed by atoms with Gasteiger partial charge in [0, 0.05) is 5.69 Å². The third kappa shape index (κ3) is 7.51. The Morgan fingerprint density at radius 3 is 2.35 bits per heavy atom. The van der Waals surface area contributed by atoms with Gasteiger partial charge in [0.2, 0.25) is 5.91 Å². The second kappa shape index (κ2) is 10.4. The fourth-order valence-electron chi connectivity index (χ4n) is 1.58. The minimum absolute atomic E-state index is 0.0453. The van der Waals surface area contributed by atoms with Crippen molar-refractivity contribution in [2.45, 2.75) is 25.2 Å². The summed E-state index contributed by atoms with van der Waals surface area (Å²) in [5.74, 6) is -2.37. The van der Waals surface area contributed by atoms with Gasteiger partial charge in [-0.05, 0) is 38.1 Å². The molecule has 2 atom stereocenters. The van der Waals surface area contributed by atoms with Crippen molar-refractivity contribution in [3.63, 3.8) is 0 Å². The first-order chi connectivity index (χ1) is 12.2. The summed E-state index contributed by atoms with van der Waals surface area (Å²) in [6.07, 6.45) is -2.16. The molecule has 1 aromatic rings. The number of benzene rings is 1. The van der Waals surface area contributed by atoms with Crippen molar-refractivity contribution in [3.05, 3.63) is 30.1 Å². The monoisotopic (exact) mass is 386 g/mol. The number of amides is 3. The van der Waals surface area contributed by atoms with E-state index in [1.807, 2.05) is 5.32 Å². The van der Waals surface area contributed by atoms with Gasteiger partial charge in [-0.15, -0.1) is 11.8 Å². The lowest BCUT2D eigenvalue weighted by Gasteiger charge is -2.15.